The third-order valence-corrected chi connectivity index (χ3v) is 7.53. The summed E-state index contributed by atoms with van der Waals surface area (Å²) < 4.78 is 10.6. The zero-order valence-corrected chi connectivity index (χ0v) is 20.9. The molecule has 0 radical (unpaired) electrons. The Bertz CT molecular complexity index is 1250. The fraction of sp³-hybridized carbons (Fsp3) is 0.200. The van der Waals surface area contributed by atoms with Crippen LogP contribution >= 0.6 is 58.1 Å². The van der Waals surface area contributed by atoms with Crippen LogP contribution in [0.1, 0.15) is 42.2 Å². The first-order valence-electron chi connectivity index (χ1n) is 9.06. The van der Waals surface area contributed by atoms with Crippen molar-refractivity contribution in [2.45, 2.75) is 13.8 Å². The second kappa shape index (κ2) is 10.1. The number of ether oxygens (including phenoxy) is 2. The summed E-state index contributed by atoms with van der Waals surface area (Å²) in [6, 6.07) is 5.14. The fourth-order valence-corrected chi connectivity index (χ4v) is 5.88. The lowest BCUT2D eigenvalue weighted by Gasteiger charge is -2.10. The lowest BCUT2D eigenvalue weighted by atomic mass is 10.1. The highest BCUT2D eigenvalue weighted by molar-refractivity contribution is 7.80. The number of anilines is 1. The van der Waals surface area contributed by atoms with Crippen molar-refractivity contribution in [3.05, 3.63) is 49.1 Å². The Hall–Kier alpha value is -2.24. The predicted molar refractivity (Wildman–Crippen MR) is 132 cm³/mol. The lowest BCUT2D eigenvalue weighted by molar-refractivity contribution is 0.0527. The van der Waals surface area contributed by atoms with Crippen molar-refractivity contribution in [1.82, 2.24) is 5.32 Å². The zero-order chi connectivity index (χ0) is 23.6. The average Bonchev–Trinajstić information content (AvgIpc) is 3.23. The maximum atomic E-state index is 12.8. The van der Waals surface area contributed by atoms with Gasteiger partial charge in [-0.25, -0.2) is 9.59 Å². The van der Waals surface area contributed by atoms with Gasteiger partial charge in [-0.1, -0.05) is 29.3 Å². The van der Waals surface area contributed by atoms with Crippen LogP contribution in [0.25, 0.3) is 10.1 Å². The molecule has 0 unspecified atom stereocenters. The average molecular weight is 531 g/mol. The number of halogens is 2. The second-order valence-electron chi connectivity index (χ2n) is 6.27. The Morgan fingerprint density at radius 3 is 2.50 bits per heavy atom. The van der Waals surface area contributed by atoms with E-state index in [0.29, 0.717) is 16.0 Å². The fourth-order valence-electron chi connectivity index (χ4n) is 2.82. The minimum absolute atomic E-state index is 0.0789. The van der Waals surface area contributed by atoms with E-state index in [-0.39, 0.29) is 37.1 Å². The van der Waals surface area contributed by atoms with Gasteiger partial charge >= 0.3 is 11.9 Å². The number of methoxy groups -OCH3 is 1. The Labute approximate surface area is 206 Å². The van der Waals surface area contributed by atoms with Gasteiger partial charge in [-0.15, -0.1) is 22.7 Å². The first kappa shape index (κ1) is 24.4. The molecule has 7 nitrogen and oxygen atoms in total. The van der Waals surface area contributed by atoms with Gasteiger partial charge in [-0.2, -0.15) is 0 Å². The van der Waals surface area contributed by atoms with Crippen LogP contribution in [0.3, 0.4) is 0 Å². The molecule has 0 atom stereocenters. The van der Waals surface area contributed by atoms with Crippen molar-refractivity contribution in [2.75, 3.05) is 19.0 Å². The predicted octanol–water partition coefficient (Wildman–Crippen LogP) is 5.67. The monoisotopic (exact) mass is 530 g/mol. The van der Waals surface area contributed by atoms with E-state index in [2.05, 4.69) is 10.6 Å². The van der Waals surface area contributed by atoms with Crippen LogP contribution in [0, 0.1) is 6.92 Å². The van der Waals surface area contributed by atoms with E-state index in [4.69, 9.17) is 44.9 Å². The summed E-state index contributed by atoms with van der Waals surface area (Å²) in [6.07, 6.45) is 0. The SMILES string of the molecule is CCOC(=O)c1c(NC(=S)NC(=O)c2sc3cc(Cl)ccc3c2Cl)sc(C(=O)OC)c1C. The first-order valence-corrected chi connectivity index (χ1v) is 11.9. The van der Waals surface area contributed by atoms with Gasteiger partial charge in [0.1, 0.15) is 14.8 Å². The highest BCUT2D eigenvalue weighted by atomic mass is 35.5. The van der Waals surface area contributed by atoms with Gasteiger partial charge in [0, 0.05) is 15.1 Å². The Morgan fingerprint density at radius 2 is 1.84 bits per heavy atom. The molecule has 168 valence electrons. The number of nitrogens with one attached hydrogen (secondary N) is 2. The first-order chi connectivity index (χ1) is 15.2. The van der Waals surface area contributed by atoms with E-state index in [0.717, 1.165) is 16.0 Å². The van der Waals surface area contributed by atoms with Gasteiger partial charge in [-0.3, -0.25) is 10.1 Å². The van der Waals surface area contributed by atoms with Gasteiger partial charge in [0.15, 0.2) is 5.11 Å². The number of amides is 1. The molecule has 32 heavy (non-hydrogen) atoms. The van der Waals surface area contributed by atoms with Crippen LogP contribution in [-0.2, 0) is 9.47 Å². The lowest BCUT2D eigenvalue weighted by Crippen LogP contribution is -2.34. The van der Waals surface area contributed by atoms with E-state index < -0.39 is 17.8 Å². The van der Waals surface area contributed by atoms with E-state index in [1.807, 2.05) is 0 Å². The minimum atomic E-state index is -0.627. The standard InChI is InChI=1S/C20H16Cl2N2O5S3/c1-4-29-18(26)12-8(2)14(19(27)28-3)32-17(12)24-20(30)23-16(25)15-13(22)10-6-5-9(21)7-11(10)31-15/h5-7H,4H2,1-3H3,(H2,23,24,25,30). The molecule has 2 heterocycles. The quantitative estimate of drug-likeness (QED) is 0.324. The third-order valence-electron chi connectivity index (χ3n) is 4.25. The number of hydrogen-bond donors (Lipinski definition) is 2. The van der Waals surface area contributed by atoms with Gasteiger partial charge in [0.05, 0.1) is 24.3 Å². The second-order valence-corrected chi connectivity index (χ2v) is 9.56. The number of thiocarbonyl (C=S) groups is 1. The van der Waals surface area contributed by atoms with Crippen molar-refractivity contribution >= 4 is 96.1 Å². The number of fused-ring (bicyclic) bond motifs is 1. The number of hydrogen-bond acceptors (Lipinski definition) is 8. The van der Waals surface area contributed by atoms with Crippen LogP contribution in [0.15, 0.2) is 18.2 Å². The molecule has 2 aromatic heterocycles. The number of carbonyl (C=O) groups is 3. The summed E-state index contributed by atoms with van der Waals surface area (Å²) in [5.41, 5.74) is 0.532. The molecule has 0 spiro atoms. The molecule has 1 amide bonds. The maximum Gasteiger partial charge on any atom is 0.348 e. The van der Waals surface area contributed by atoms with Gasteiger partial charge < -0.3 is 14.8 Å². The highest BCUT2D eigenvalue weighted by Crippen LogP contribution is 2.37. The molecular formula is C20H16Cl2N2O5S3. The Kier molecular flexibility index (Phi) is 7.73. The molecule has 3 aromatic rings. The molecule has 0 aliphatic carbocycles. The molecule has 1 aromatic carbocycles. The zero-order valence-electron chi connectivity index (χ0n) is 17.0. The molecule has 0 bridgehead atoms. The minimum Gasteiger partial charge on any atom is -0.465 e. The highest BCUT2D eigenvalue weighted by Gasteiger charge is 2.27. The summed E-state index contributed by atoms with van der Waals surface area (Å²) in [5.74, 6) is -1.75. The number of rotatable bonds is 5. The molecule has 0 aliphatic rings. The largest absolute Gasteiger partial charge is 0.465 e. The van der Waals surface area contributed by atoms with Crippen LogP contribution in [-0.4, -0.2) is 36.7 Å². The van der Waals surface area contributed by atoms with Crippen molar-refractivity contribution < 1.29 is 23.9 Å². The van der Waals surface area contributed by atoms with Crippen LogP contribution < -0.4 is 10.6 Å². The topological polar surface area (TPSA) is 93.7 Å². The van der Waals surface area contributed by atoms with Crippen molar-refractivity contribution in [2.24, 2.45) is 0 Å². The molecule has 0 aliphatic heterocycles. The summed E-state index contributed by atoms with van der Waals surface area (Å²) in [4.78, 5) is 37.7. The number of esters is 2. The van der Waals surface area contributed by atoms with Crippen molar-refractivity contribution in [3.8, 4) is 0 Å². The van der Waals surface area contributed by atoms with E-state index in [1.54, 1.807) is 32.0 Å². The van der Waals surface area contributed by atoms with Gasteiger partial charge in [-0.05, 0) is 43.8 Å². The molecule has 2 N–H and O–H groups in total. The summed E-state index contributed by atoms with van der Waals surface area (Å²) in [7, 11) is 1.24. The summed E-state index contributed by atoms with van der Waals surface area (Å²) in [6.45, 7) is 3.42. The molecule has 3 rings (SSSR count). The maximum absolute atomic E-state index is 12.8. The van der Waals surface area contributed by atoms with E-state index in [9.17, 15) is 14.4 Å². The molecule has 0 fully saturated rings. The number of carbonyl (C=O) groups excluding carboxylic acids is 3. The normalized spacial score (nSPS) is 10.7. The smallest absolute Gasteiger partial charge is 0.348 e. The summed E-state index contributed by atoms with van der Waals surface area (Å²) >= 11 is 19.8. The number of benzene rings is 1. The summed E-state index contributed by atoms with van der Waals surface area (Å²) in [5, 5.41) is 7.03. The molecule has 0 saturated carbocycles. The third kappa shape index (κ3) is 4.89. The molecule has 12 heteroatoms. The number of thiophene rings is 2. The van der Waals surface area contributed by atoms with Crippen LogP contribution in [0.5, 0.6) is 0 Å². The van der Waals surface area contributed by atoms with Crippen molar-refractivity contribution in [3.63, 3.8) is 0 Å². The van der Waals surface area contributed by atoms with Crippen molar-refractivity contribution in [1.29, 1.82) is 0 Å². The van der Waals surface area contributed by atoms with E-state index in [1.165, 1.54) is 18.4 Å². The van der Waals surface area contributed by atoms with E-state index >= 15 is 0 Å². The van der Waals surface area contributed by atoms with Crippen LogP contribution in [0.2, 0.25) is 10.0 Å². The van der Waals surface area contributed by atoms with Gasteiger partial charge in [0.25, 0.3) is 5.91 Å². The van der Waals surface area contributed by atoms with Crippen LogP contribution in [0.4, 0.5) is 5.00 Å². The van der Waals surface area contributed by atoms with Gasteiger partial charge in [0.2, 0.25) is 0 Å². The molecular weight excluding hydrogens is 515 g/mol. The molecule has 0 saturated heterocycles. The Morgan fingerprint density at radius 1 is 1.12 bits per heavy atom. The Balaban J connectivity index is 1.85.